The van der Waals surface area contributed by atoms with Crippen molar-refractivity contribution in [3.05, 3.63) is 70.3 Å². The van der Waals surface area contributed by atoms with Crippen LogP contribution in [0.5, 0.6) is 0 Å². The first-order valence-electron chi connectivity index (χ1n) is 8.86. The number of benzene rings is 2. The van der Waals surface area contributed by atoms with E-state index in [2.05, 4.69) is 19.1 Å². The summed E-state index contributed by atoms with van der Waals surface area (Å²) in [5.74, 6) is -0.856. The second kappa shape index (κ2) is 7.53. The fourth-order valence-electron chi connectivity index (χ4n) is 3.36. The molecule has 0 saturated heterocycles. The maximum atomic E-state index is 11.9. The van der Waals surface area contributed by atoms with Gasteiger partial charge in [-0.1, -0.05) is 49.8 Å². The third-order valence-electron chi connectivity index (χ3n) is 4.55. The van der Waals surface area contributed by atoms with Gasteiger partial charge in [0.05, 0.1) is 11.3 Å². The molecular weight excluding hydrogens is 360 g/mol. The minimum atomic E-state index is -3.25. The van der Waals surface area contributed by atoms with Crippen LogP contribution in [-0.4, -0.2) is 25.7 Å². The van der Waals surface area contributed by atoms with E-state index in [1.54, 1.807) is 18.2 Å². The lowest BCUT2D eigenvalue weighted by Gasteiger charge is -2.09. The molecule has 0 unspecified atom stereocenters. The van der Waals surface area contributed by atoms with E-state index in [1.165, 1.54) is 11.8 Å². The van der Waals surface area contributed by atoms with Crippen LogP contribution in [0.3, 0.4) is 0 Å². The van der Waals surface area contributed by atoms with Crippen LogP contribution in [0.4, 0.5) is 0 Å². The number of hydrogen-bond acceptors (Lipinski definition) is 3. The van der Waals surface area contributed by atoms with E-state index in [1.807, 2.05) is 24.3 Å². The second-order valence-electron chi connectivity index (χ2n) is 6.81. The molecule has 0 heterocycles. The van der Waals surface area contributed by atoms with Crippen molar-refractivity contribution in [2.75, 3.05) is 6.26 Å². The molecular formula is C22H22O4S. The van der Waals surface area contributed by atoms with Crippen LogP contribution in [0.1, 0.15) is 42.0 Å². The number of hydrogen-bond donors (Lipinski definition) is 1. The normalized spacial score (nSPS) is 14.9. The maximum Gasteiger partial charge on any atom is 0.307 e. The zero-order chi connectivity index (χ0) is 19.6. The summed E-state index contributed by atoms with van der Waals surface area (Å²) in [7, 11) is -3.25. The predicted octanol–water partition coefficient (Wildman–Crippen LogP) is 4.45. The first-order valence-corrected chi connectivity index (χ1v) is 10.7. The Hall–Kier alpha value is -2.66. The molecule has 0 spiro atoms. The monoisotopic (exact) mass is 382 g/mol. The minimum absolute atomic E-state index is 0.0109. The van der Waals surface area contributed by atoms with Crippen LogP contribution in [0.2, 0.25) is 0 Å². The topological polar surface area (TPSA) is 71.4 Å². The number of aliphatic carboxylic acids is 1. The third-order valence-corrected chi connectivity index (χ3v) is 5.66. The third kappa shape index (κ3) is 4.37. The highest BCUT2D eigenvalue weighted by atomic mass is 32.2. The quantitative estimate of drug-likeness (QED) is 0.801. The lowest BCUT2D eigenvalue weighted by molar-refractivity contribution is -0.136. The average molecular weight is 382 g/mol. The molecule has 27 heavy (non-hydrogen) atoms. The molecule has 2 aromatic carbocycles. The zero-order valence-electron chi connectivity index (χ0n) is 15.4. The largest absolute Gasteiger partial charge is 0.481 e. The van der Waals surface area contributed by atoms with Crippen molar-refractivity contribution in [3.8, 4) is 0 Å². The Morgan fingerprint density at radius 2 is 1.93 bits per heavy atom. The molecule has 0 aromatic heterocycles. The smallest absolute Gasteiger partial charge is 0.307 e. The van der Waals surface area contributed by atoms with Gasteiger partial charge < -0.3 is 5.11 Å². The first kappa shape index (κ1) is 19.1. The first-order chi connectivity index (χ1) is 12.8. The van der Waals surface area contributed by atoms with E-state index >= 15 is 0 Å². The maximum absolute atomic E-state index is 11.9. The predicted molar refractivity (Wildman–Crippen MR) is 108 cm³/mol. The summed E-state index contributed by atoms with van der Waals surface area (Å²) in [5.41, 5.74) is 5.85. The van der Waals surface area contributed by atoms with Crippen molar-refractivity contribution >= 4 is 33.5 Å². The van der Waals surface area contributed by atoms with Crippen LogP contribution in [0.25, 0.3) is 17.7 Å². The number of allylic oxidation sites excluding steroid dienone is 2. The van der Waals surface area contributed by atoms with Crippen molar-refractivity contribution in [2.24, 2.45) is 0 Å². The van der Waals surface area contributed by atoms with Gasteiger partial charge in [-0.15, -0.1) is 0 Å². The highest BCUT2D eigenvalue weighted by Gasteiger charge is 2.20. The Morgan fingerprint density at radius 3 is 2.59 bits per heavy atom. The lowest BCUT2D eigenvalue weighted by Crippen LogP contribution is -1.99. The van der Waals surface area contributed by atoms with Crippen LogP contribution in [-0.2, 0) is 21.1 Å². The molecule has 1 N–H and O–H groups in total. The van der Waals surface area contributed by atoms with E-state index < -0.39 is 15.8 Å². The molecule has 1 aliphatic rings. The van der Waals surface area contributed by atoms with Gasteiger partial charge in [-0.05, 0) is 58.0 Å². The van der Waals surface area contributed by atoms with Crippen molar-refractivity contribution in [3.63, 3.8) is 0 Å². The van der Waals surface area contributed by atoms with Gasteiger partial charge >= 0.3 is 5.97 Å². The van der Waals surface area contributed by atoms with Crippen molar-refractivity contribution in [1.29, 1.82) is 0 Å². The molecule has 2 aromatic rings. The Labute approximate surface area is 159 Å². The average Bonchev–Trinajstić information content (AvgIpc) is 2.91. The summed E-state index contributed by atoms with van der Waals surface area (Å²) in [4.78, 5) is 11.3. The van der Waals surface area contributed by atoms with Gasteiger partial charge in [0.2, 0.25) is 0 Å². The van der Waals surface area contributed by atoms with Crippen molar-refractivity contribution in [2.45, 2.75) is 31.1 Å². The standard InChI is InChI=1S/C22H22O4S/c1-3-5-17-13-18-14-19(27(2,25)26)8-9-20(18)21(17)11-15-6-4-7-16(10-15)12-22(23)24/h4,6-11,13-14H,3,5,12H2,1-2H3,(H,23,24)/b21-11-. The molecule has 0 fully saturated rings. The SMILES string of the molecule is CCCC1=Cc2cc(S(C)(=O)=O)ccc2/C1=C\c1cccc(CC(=O)O)c1. The Bertz CT molecular complexity index is 1060. The molecule has 0 radical (unpaired) electrons. The number of carboxylic acids is 1. The van der Waals surface area contributed by atoms with Gasteiger partial charge in [-0.3, -0.25) is 4.79 Å². The highest BCUT2D eigenvalue weighted by Crippen LogP contribution is 2.40. The van der Waals surface area contributed by atoms with Crippen molar-refractivity contribution in [1.82, 2.24) is 0 Å². The fraction of sp³-hybridized carbons (Fsp3) is 0.227. The summed E-state index contributed by atoms with van der Waals surface area (Å²) in [6.45, 7) is 2.11. The van der Waals surface area contributed by atoms with E-state index in [9.17, 15) is 13.2 Å². The Morgan fingerprint density at radius 1 is 1.15 bits per heavy atom. The van der Waals surface area contributed by atoms with Crippen LogP contribution in [0, 0.1) is 0 Å². The zero-order valence-corrected chi connectivity index (χ0v) is 16.2. The van der Waals surface area contributed by atoms with Gasteiger partial charge in [0.15, 0.2) is 9.84 Å². The van der Waals surface area contributed by atoms with Crippen LogP contribution >= 0.6 is 0 Å². The molecule has 4 nitrogen and oxygen atoms in total. The van der Waals surface area contributed by atoms with E-state index in [0.29, 0.717) is 4.90 Å². The van der Waals surface area contributed by atoms with E-state index in [0.717, 1.165) is 40.7 Å². The molecule has 0 bridgehead atoms. The summed E-state index contributed by atoms with van der Waals surface area (Å²) in [5, 5.41) is 9.00. The summed E-state index contributed by atoms with van der Waals surface area (Å²) in [6.07, 6.45) is 7.19. The summed E-state index contributed by atoms with van der Waals surface area (Å²) >= 11 is 0. The lowest BCUT2D eigenvalue weighted by atomic mass is 9.97. The van der Waals surface area contributed by atoms with Gasteiger partial charge in [0.1, 0.15) is 0 Å². The summed E-state index contributed by atoms with van der Waals surface area (Å²) < 4.78 is 23.7. The molecule has 1 aliphatic carbocycles. The molecule has 140 valence electrons. The van der Waals surface area contributed by atoms with E-state index in [4.69, 9.17) is 5.11 Å². The van der Waals surface area contributed by atoms with Crippen LogP contribution in [0.15, 0.2) is 52.9 Å². The molecule has 3 rings (SSSR count). The minimum Gasteiger partial charge on any atom is -0.481 e. The second-order valence-corrected chi connectivity index (χ2v) is 8.83. The molecule has 0 amide bonds. The fourth-order valence-corrected chi connectivity index (χ4v) is 4.01. The number of carbonyl (C=O) groups is 1. The summed E-state index contributed by atoms with van der Waals surface area (Å²) in [6, 6.07) is 12.7. The number of carboxylic acid groups (broad SMARTS) is 1. The van der Waals surface area contributed by atoms with Gasteiger partial charge in [0, 0.05) is 6.26 Å². The number of rotatable bonds is 6. The number of sulfone groups is 1. The Balaban J connectivity index is 2.06. The van der Waals surface area contributed by atoms with E-state index in [-0.39, 0.29) is 6.42 Å². The van der Waals surface area contributed by atoms with Crippen molar-refractivity contribution < 1.29 is 18.3 Å². The molecule has 0 atom stereocenters. The van der Waals surface area contributed by atoms with Crippen LogP contribution < -0.4 is 0 Å². The van der Waals surface area contributed by atoms with Gasteiger partial charge in [-0.25, -0.2) is 8.42 Å². The molecule has 0 saturated carbocycles. The molecule has 0 aliphatic heterocycles. The van der Waals surface area contributed by atoms with Gasteiger partial charge in [-0.2, -0.15) is 0 Å². The highest BCUT2D eigenvalue weighted by molar-refractivity contribution is 7.90. The number of fused-ring (bicyclic) bond motifs is 1. The molecule has 5 heteroatoms. The Kier molecular flexibility index (Phi) is 5.33. The van der Waals surface area contributed by atoms with Gasteiger partial charge in [0.25, 0.3) is 0 Å².